The zero-order valence-corrected chi connectivity index (χ0v) is 45.6. The number of anilines is 10. The van der Waals surface area contributed by atoms with E-state index in [0.717, 1.165) is 32.2 Å². The molecule has 0 aliphatic rings. The van der Waals surface area contributed by atoms with Crippen LogP contribution in [0.25, 0.3) is 12.2 Å². The molecule has 0 bridgehead atoms. The predicted molar refractivity (Wildman–Crippen MR) is 301 cm³/mol. The van der Waals surface area contributed by atoms with Crippen LogP contribution in [0.2, 0.25) is 0 Å². The van der Waals surface area contributed by atoms with Crippen molar-refractivity contribution >= 4 is 91.7 Å². The second-order valence-electron chi connectivity index (χ2n) is 17.2. The molecule has 2 aromatic heterocycles. The first-order valence-electron chi connectivity index (χ1n) is 25.4. The first kappa shape index (κ1) is 61.4. The number of nitrogens with one attached hydrogen (secondary N) is 6. The first-order valence-corrected chi connectivity index (χ1v) is 27.9. The first-order chi connectivity index (χ1) is 38.4. The van der Waals surface area contributed by atoms with Crippen LogP contribution in [0.15, 0.2) is 94.7 Å². The number of nitrogens with zero attached hydrogens (tertiary/aromatic N) is 7. The fourth-order valence-electron chi connectivity index (χ4n) is 7.32. The Hall–Kier alpha value is -6.86. The number of ether oxygens (including phenoxy) is 4. The van der Waals surface area contributed by atoms with Crippen LogP contribution in [0.4, 0.5) is 58.4 Å². The average molecular weight is 1130 g/mol. The third kappa shape index (κ3) is 20.7. The van der Waals surface area contributed by atoms with E-state index in [9.17, 15) is 27.4 Å². The molecule has 0 aliphatic heterocycles. The van der Waals surface area contributed by atoms with Gasteiger partial charge in [-0.3, -0.25) is 4.21 Å². The van der Waals surface area contributed by atoms with Crippen LogP contribution in [0.1, 0.15) is 35.1 Å². The van der Waals surface area contributed by atoms with Gasteiger partial charge in [-0.05, 0) is 133 Å². The topological polar surface area (TPSA) is 345 Å². The van der Waals surface area contributed by atoms with Crippen LogP contribution in [0.5, 0.6) is 0 Å². The normalized spacial score (nSPS) is 12.0. The van der Waals surface area contributed by atoms with Gasteiger partial charge < -0.3 is 75.8 Å². The lowest BCUT2D eigenvalue weighted by Crippen LogP contribution is -2.35. The third-order valence-corrected chi connectivity index (χ3v) is 13.8. The summed E-state index contributed by atoms with van der Waals surface area (Å²) < 4.78 is 71.9. The van der Waals surface area contributed by atoms with Crippen LogP contribution in [0.3, 0.4) is 0 Å². The standard InChI is InChI=1S/C52H69N13O12S2/c1-37-35-43(57-51-61-47(53-19-3-27-74-31-33-76-29-25-68)59-49(63-51)55-41-11-15-45(16-12-41)78(70)71)9-7-39(37)5-6-40-8-10-44(36-38(40)2)58-52-62-48(54-20-4-28-75-32-34-77-30-26-69)60-50(64-52)56-42-13-17-46(18-14-42)79(72,73)65(21-23-66)22-24-67/h5-18,35-36,66-69H,3-4,19-34H2,1-2H3,(H,70,71)(H3,53,55,57,59,61,63)(H3,54,56,58,60,62,64)/p-1. The molecule has 0 fully saturated rings. The Morgan fingerprint density at radius 3 is 1.25 bits per heavy atom. The molecule has 6 rings (SSSR count). The maximum Gasteiger partial charge on any atom is 0.243 e. The molecule has 0 saturated carbocycles. The number of hydrogen-bond acceptors (Lipinski definition) is 24. The van der Waals surface area contributed by atoms with E-state index in [-0.39, 0.29) is 79.0 Å². The van der Waals surface area contributed by atoms with E-state index in [4.69, 9.17) is 29.2 Å². The zero-order chi connectivity index (χ0) is 56.2. The molecule has 79 heavy (non-hydrogen) atoms. The van der Waals surface area contributed by atoms with Gasteiger partial charge in [0.2, 0.25) is 45.7 Å². The van der Waals surface area contributed by atoms with Crippen LogP contribution in [0, 0.1) is 13.8 Å². The SMILES string of the molecule is Cc1cc(Nc2nc(NCCCOCCOCCO)nc(Nc3ccc(S(=O)[O-])cc3)n2)ccc1C=Cc1ccc(Nc2nc(NCCCOCCOCCO)nc(Nc3ccc(S(=O)(=O)N(CCO)CCO)cc3)n2)cc1C. The molecular weight excluding hydrogens is 1060 g/mol. The molecule has 4 aromatic carbocycles. The van der Waals surface area contributed by atoms with Gasteiger partial charge in [0.1, 0.15) is 0 Å². The van der Waals surface area contributed by atoms with Crippen molar-refractivity contribution in [3.05, 3.63) is 107 Å². The quantitative estimate of drug-likeness (QED) is 0.0144. The van der Waals surface area contributed by atoms with Gasteiger partial charge in [-0.15, -0.1) is 0 Å². The highest BCUT2D eigenvalue weighted by atomic mass is 32.2. The highest BCUT2D eigenvalue weighted by molar-refractivity contribution is 7.89. The molecule has 0 amide bonds. The average Bonchev–Trinajstić information content (AvgIpc) is 3.45. The second kappa shape index (κ2) is 32.9. The van der Waals surface area contributed by atoms with Gasteiger partial charge in [0.15, 0.2) is 0 Å². The third-order valence-electron chi connectivity index (χ3n) is 11.2. The molecule has 25 nitrogen and oxygen atoms in total. The van der Waals surface area contributed by atoms with Crippen molar-refractivity contribution in [1.29, 1.82) is 0 Å². The van der Waals surface area contributed by atoms with Crippen molar-refractivity contribution in [2.45, 2.75) is 36.5 Å². The Kier molecular flexibility index (Phi) is 25.6. The molecule has 6 aromatic rings. The van der Waals surface area contributed by atoms with Gasteiger partial charge >= 0.3 is 0 Å². The fourth-order valence-corrected chi connectivity index (χ4v) is 9.10. The van der Waals surface area contributed by atoms with Crippen molar-refractivity contribution in [1.82, 2.24) is 34.2 Å². The minimum atomic E-state index is -3.98. The van der Waals surface area contributed by atoms with Gasteiger partial charge in [0.05, 0.1) is 71.0 Å². The molecule has 1 atom stereocenters. The number of aryl methyl sites for hydroxylation is 2. The molecule has 10 N–H and O–H groups in total. The highest BCUT2D eigenvalue weighted by Gasteiger charge is 2.24. The van der Waals surface area contributed by atoms with Crippen molar-refractivity contribution in [2.24, 2.45) is 0 Å². The van der Waals surface area contributed by atoms with Gasteiger partial charge in [-0.1, -0.05) is 24.3 Å². The maximum atomic E-state index is 13.2. The summed E-state index contributed by atoms with van der Waals surface area (Å²) in [5.41, 5.74) is 6.39. The Bertz CT molecular complexity index is 2980. The van der Waals surface area contributed by atoms with Crippen molar-refractivity contribution in [2.75, 3.05) is 137 Å². The molecule has 2 heterocycles. The van der Waals surface area contributed by atoms with E-state index in [1.807, 2.05) is 62.4 Å². The fraction of sp³-hybridized carbons (Fsp3) is 0.385. The lowest BCUT2D eigenvalue weighted by atomic mass is 10.0. The largest absolute Gasteiger partial charge is 0.768 e. The summed E-state index contributed by atoms with van der Waals surface area (Å²) in [6, 6.07) is 23.9. The lowest BCUT2D eigenvalue weighted by Gasteiger charge is -2.20. The van der Waals surface area contributed by atoms with E-state index in [1.165, 1.54) is 24.3 Å². The van der Waals surface area contributed by atoms with Crippen molar-refractivity contribution in [3.63, 3.8) is 0 Å². The van der Waals surface area contributed by atoms with E-state index >= 15 is 0 Å². The Morgan fingerprint density at radius 2 is 0.873 bits per heavy atom. The van der Waals surface area contributed by atoms with Crippen molar-refractivity contribution in [3.8, 4) is 0 Å². The summed E-state index contributed by atoms with van der Waals surface area (Å²) in [5.74, 6) is 1.47. The van der Waals surface area contributed by atoms with E-state index in [0.29, 0.717) is 88.6 Å². The minimum absolute atomic E-state index is 0.0131. The number of rotatable bonds is 37. The summed E-state index contributed by atoms with van der Waals surface area (Å²) in [4.78, 5) is 27.6. The number of aliphatic hydroxyl groups excluding tert-OH is 4. The number of aliphatic hydroxyl groups is 4. The molecule has 0 radical (unpaired) electrons. The second-order valence-corrected chi connectivity index (χ2v) is 20.1. The van der Waals surface area contributed by atoms with Gasteiger partial charge in [0, 0.05) is 67.0 Å². The van der Waals surface area contributed by atoms with Crippen LogP contribution in [-0.4, -0.2) is 177 Å². The summed E-state index contributed by atoms with van der Waals surface area (Å²) >= 11 is -2.37. The summed E-state index contributed by atoms with van der Waals surface area (Å²) in [6.07, 6.45) is 5.34. The lowest BCUT2D eigenvalue weighted by molar-refractivity contribution is 0.0331. The van der Waals surface area contributed by atoms with Crippen LogP contribution in [-0.2, 0) is 40.1 Å². The van der Waals surface area contributed by atoms with E-state index in [1.54, 1.807) is 24.3 Å². The number of sulfonamides is 1. The molecular formula is C52H68N13O12S2-. The highest BCUT2D eigenvalue weighted by Crippen LogP contribution is 2.26. The van der Waals surface area contributed by atoms with E-state index in [2.05, 4.69) is 61.8 Å². The molecule has 426 valence electrons. The Morgan fingerprint density at radius 1 is 0.506 bits per heavy atom. The van der Waals surface area contributed by atoms with Crippen molar-refractivity contribution < 1.29 is 56.6 Å². The minimum Gasteiger partial charge on any atom is -0.768 e. The molecule has 0 spiro atoms. The van der Waals surface area contributed by atoms with Crippen LogP contribution < -0.4 is 31.9 Å². The molecule has 27 heteroatoms. The smallest absolute Gasteiger partial charge is 0.243 e. The summed E-state index contributed by atoms with van der Waals surface area (Å²) in [5, 5.41) is 55.8. The molecule has 0 saturated heterocycles. The van der Waals surface area contributed by atoms with Gasteiger partial charge in [0.25, 0.3) is 0 Å². The predicted octanol–water partition coefficient (Wildman–Crippen LogP) is 4.69. The monoisotopic (exact) mass is 1130 g/mol. The van der Waals surface area contributed by atoms with Crippen LogP contribution >= 0.6 is 0 Å². The maximum absolute atomic E-state index is 13.2. The molecule has 0 aliphatic carbocycles. The number of benzene rings is 4. The number of hydrogen-bond donors (Lipinski definition) is 10. The Labute approximate surface area is 461 Å². The van der Waals surface area contributed by atoms with Gasteiger partial charge in [-0.2, -0.15) is 34.2 Å². The summed E-state index contributed by atoms with van der Waals surface area (Å²) in [7, 11) is -3.98. The zero-order valence-electron chi connectivity index (χ0n) is 44.0. The summed E-state index contributed by atoms with van der Waals surface area (Å²) in [6.45, 7) is 6.75. The number of aromatic nitrogens is 6. The van der Waals surface area contributed by atoms with E-state index < -0.39 is 34.3 Å². The molecule has 1 unspecified atom stereocenters. The van der Waals surface area contributed by atoms with Gasteiger partial charge in [-0.25, -0.2) is 8.42 Å². The Balaban J connectivity index is 1.12.